The third-order valence-corrected chi connectivity index (χ3v) is 6.80. The van der Waals surface area contributed by atoms with Gasteiger partial charge in [0.2, 0.25) is 0 Å². The monoisotopic (exact) mass is 399 g/mol. The largest absolute Gasteiger partial charge is 0.494 e. The van der Waals surface area contributed by atoms with Gasteiger partial charge in [0.05, 0.1) is 22.8 Å². The maximum atomic E-state index is 10.7. The van der Waals surface area contributed by atoms with E-state index in [9.17, 15) is 4.79 Å². The van der Waals surface area contributed by atoms with Crippen LogP contribution in [0.15, 0.2) is 24.4 Å². The number of carboxylic acid groups (broad SMARTS) is 1. The van der Waals surface area contributed by atoms with E-state index >= 15 is 0 Å². The number of hydrogen-bond acceptors (Lipinski definition) is 4. The first-order valence-corrected chi connectivity index (χ1v) is 10.5. The van der Waals surface area contributed by atoms with Crippen molar-refractivity contribution in [3.05, 3.63) is 24.4 Å². The second-order valence-electron chi connectivity index (χ2n) is 9.38. The van der Waals surface area contributed by atoms with Gasteiger partial charge in [-0.05, 0) is 70.8 Å². The van der Waals surface area contributed by atoms with E-state index in [4.69, 9.17) is 19.5 Å². The Balaban J connectivity index is 1.45. The van der Waals surface area contributed by atoms with E-state index in [0.29, 0.717) is 18.5 Å². The van der Waals surface area contributed by atoms with Crippen molar-refractivity contribution in [2.45, 2.75) is 70.6 Å². The van der Waals surface area contributed by atoms with Crippen LogP contribution in [0, 0.1) is 5.92 Å². The number of rotatable bonds is 4. The van der Waals surface area contributed by atoms with Crippen molar-refractivity contribution in [2.75, 3.05) is 6.54 Å². The predicted molar refractivity (Wildman–Crippen MR) is 112 cm³/mol. The van der Waals surface area contributed by atoms with Crippen LogP contribution >= 0.6 is 0 Å². The molecule has 2 fully saturated rings. The Kier molecular flexibility index (Phi) is 5.11. The molecule has 8 heteroatoms. The maximum Gasteiger partial charge on any atom is 0.494 e. The van der Waals surface area contributed by atoms with E-state index < -0.39 is 6.09 Å². The van der Waals surface area contributed by atoms with Crippen molar-refractivity contribution < 1.29 is 19.2 Å². The topological polar surface area (TPSA) is 85.6 Å². The lowest BCUT2D eigenvalue weighted by atomic mass is 9.79. The van der Waals surface area contributed by atoms with Gasteiger partial charge in [-0.1, -0.05) is 12.1 Å². The van der Waals surface area contributed by atoms with Gasteiger partial charge in [0.15, 0.2) is 0 Å². The summed E-state index contributed by atoms with van der Waals surface area (Å²) in [6, 6.07) is 6.55. The molecule has 0 spiro atoms. The summed E-state index contributed by atoms with van der Waals surface area (Å²) in [4.78, 5) is 10.7. The molecule has 1 aromatic heterocycles. The zero-order valence-corrected chi connectivity index (χ0v) is 17.6. The molecule has 29 heavy (non-hydrogen) atoms. The van der Waals surface area contributed by atoms with Crippen LogP contribution in [0.3, 0.4) is 0 Å². The summed E-state index contributed by atoms with van der Waals surface area (Å²) in [5.41, 5.74) is 1.27. The molecule has 7 nitrogen and oxygen atoms in total. The van der Waals surface area contributed by atoms with Crippen LogP contribution in [-0.4, -0.2) is 45.8 Å². The van der Waals surface area contributed by atoms with Gasteiger partial charge in [0, 0.05) is 18.1 Å². The highest BCUT2D eigenvalue weighted by Gasteiger charge is 2.51. The Hall–Kier alpha value is -2.06. The SMILES string of the molecule is CC1(C)OB(c2ccc3nn([C@H]4CC[C@H](CNC(=O)O)CC4)cc3c2)OC1(C)C. The van der Waals surface area contributed by atoms with E-state index in [1.807, 2.05) is 12.1 Å². The van der Waals surface area contributed by atoms with Gasteiger partial charge in [-0.2, -0.15) is 5.10 Å². The van der Waals surface area contributed by atoms with E-state index in [2.05, 4.69) is 50.0 Å². The molecule has 1 saturated carbocycles. The highest BCUT2D eigenvalue weighted by atomic mass is 16.7. The molecule has 4 rings (SSSR count). The lowest BCUT2D eigenvalue weighted by molar-refractivity contribution is 0.00578. The van der Waals surface area contributed by atoms with Crippen molar-refractivity contribution >= 4 is 29.6 Å². The van der Waals surface area contributed by atoms with Crippen LogP contribution in [0.5, 0.6) is 0 Å². The van der Waals surface area contributed by atoms with Gasteiger partial charge in [0.1, 0.15) is 0 Å². The number of carbonyl (C=O) groups is 1. The average Bonchev–Trinajstić information content (AvgIpc) is 3.17. The fraction of sp³-hybridized carbons (Fsp3) is 0.619. The second-order valence-corrected chi connectivity index (χ2v) is 9.38. The van der Waals surface area contributed by atoms with Crippen molar-refractivity contribution in [1.29, 1.82) is 0 Å². The summed E-state index contributed by atoms with van der Waals surface area (Å²) in [6.07, 6.45) is 5.24. The summed E-state index contributed by atoms with van der Waals surface area (Å²) in [6.45, 7) is 8.79. The van der Waals surface area contributed by atoms with Crippen molar-refractivity contribution in [2.24, 2.45) is 5.92 Å². The molecule has 0 radical (unpaired) electrons. The predicted octanol–water partition coefficient (Wildman–Crippen LogP) is 3.33. The smallest absolute Gasteiger partial charge is 0.465 e. The minimum Gasteiger partial charge on any atom is -0.465 e. The minimum absolute atomic E-state index is 0.356. The molecule has 2 aromatic rings. The Morgan fingerprint density at radius 2 is 1.86 bits per heavy atom. The second kappa shape index (κ2) is 7.33. The fourth-order valence-corrected chi connectivity index (χ4v) is 4.22. The van der Waals surface area contributed by atoms with Gasteiger partial charge in [-0.3, -0.25) is 4.68 Å². The summed E-state index contributed by atoms with van der Waals surface area (Å²) in [5.74, 6) is 0.419. The van der Waals surface area contributed by atoms with E-state index in [1.54, 1.807) is 0 Å². The van der Waals surface area contributed by atoms with Crippen LogP contribution in [0.25, 0.3) is 10.9 Å². The summed E-state index contributed by atoms with van der Waals surface area (Å²) < 4.78 is 14.4. The molecule has 1 aliphatic heterocycles. The first kappa shape index (κ1) is 20.2. The van der Waals surface area contributed by atoms with Crippen LogP contribution in [-0.2, 0) is 9.31 Å². The number of amides is 1. The Morgan fingerprint density at radius 1 is 1.21 bits per heavy atom. The molecule has 2 heterocycles. The van der Waals surface area contributed by atoms with E-state index in [-0.39, 0.29) is 18.3 Å². The van der Waals surface area contributed by atoms with Crippen molar-refractivity contribution in [3.63, 3.8) is 0 Å². The van der Waals surface area contributed by atoms with Crippen LogP contribution in [0.4, 0.5) is 4.79 Å². The lowest BCUT2D eigenvalue weighted by Crippen LogP contribution is -2.41. The Bertz CT molecular complexity index is 886. The zero-order chi connectivity index (χ0) is 20.8. The first-order valence-electron chi connectivity index (χ1n) is 10.5. The van der Waals surface area contributed by atoms with Crippen LogP contribution in [0.2, 0.25) is 0 Å². The summed E-state index contributed by atoms with van der Waals surface area (Å²) in [7, 11) is -0.370. The molecule has 156 valence electrons. The molecule has 0 unspecified atom stereocenters. The zero-order valence-electron chi connectivity index (χ0n) is 17.6. The third-order valence-electron chi connectivity index (χ3n) is 6.80. The normalized spacial score (nSPS) is 26.0. The van der Waals surface area contributed by atoms with Crippen molar-refractivity contribution in [1.82, 2.24) is 15.1 Å². The molecular formula is C21H30BN3O4. The molecule has 1 aliphatic carbocycles. The van der Waals surface area contributed by atoms with Gasteiger partial charge >= 0.3 is 13.2 Å². The molecule has 1 amide bonds. The number of nitrogens with one attached hydrogen (secondary N) is 1. The number of nitrogens with zero attached hydrogens (tertiary/aromatic N) is 2. The summed E-state index contributed by atoms with van der Waals surface area (Å²) in [5, 5.41) is 17.2. The highest BCUT2D eigenvalue weighted by Crippen LogP contribution is 2.37. The number of aromatic nitrogens is 2. The molecule has 0 atom stereocenters. The van der Waals surface area contributed by atoms with Gasteiger partial charge in [0.25, 0.3) is 0 Å². The van der Waals surface area contributed by atoms with E-state index in [0.717, 1.165) is 42.0 Å². The van der Waals surface area contributed by atoms with Crippen LogP contribution < -0.4 is 10.8 Å². The van der Waals surface area contributed by atoms with Gasteiger partial charge in [-0.25, -0.2) is 4.79 Å². The summed E-state index contributed by atoms with van der Waals surface area (Å²) >= 11 is 0. The molecular weight excluding hydrogens is 369 g/mol. The maximum absolute atomic E-state index is 10.7. The average molecular weight is 399 g/mol. The first-order chi connectivity index (χ1) is 13.6. The molecule has 2 N–H and O–H groups in total. The molecule has 0 bridgehead atoms. The number of benzene rings is 1. The molecule has 1 aromatic carbocycles. The lowest BCUT2D eigenvalue weighted by Gasteiger charge is -2.32. The molecule has 2 aliphatic rings. The van der Waals surface area contributed by atoms with Crippen molar-refractivity contribution in [3.8, 4) is 0 Å². The quantitative estimate of drug-likeness (QED) is 0.771. The Labute approximate surface area is 171 Å². The highest BCUT2D eigenvalue weighted by molar-refractivity contribution is 6.62. The number of fused-ring (bicyclic) bond motifs is 1. The van der Waals surface area contributed by atoms with E-state index in [1.165, 1.54) is 0 Å². The molecule has 1 saturated heterocycles. The third kappa shape index (κ3) is 4.01. The van der Waals surface area contributed by atoms with Gasteiger partial charge in [-0.15, -0.1) is 0 Å². The number of hydrogen-bond donors (Lipinski definition) is 2. The van der Waals surface area contributed by atoms with Gasteiger partial charge < -0.3 is 19.7 Å². The fourth-order valence-electron chi connectivity index (χ4n) is 4.22. The standard InChI is InChI=1S/C21H30BN3O4/c1-20(2)21(3,4)29-22(28-20)16-7-10-18-15(11-16)13-25(24-18)17-8-5-14(6-9-17)12-23-19(26)27/h7,10-11,13-14,17,23H,5-6,8-9,12H2,1-4H3,(H,26,27)/t14-,17-. The minimum atomic E-state index is -0.941. The Morgan fingerprint density at radius 3 is 2.48 bits per heavy atom. The van der Waals surface area contributed by atoms with Crippen LogP contribution in [0.1, 0.15) is 59.4 Å².